The lowest BCUT2D eigenvalue weighted by atomic mass is 10.1. The third-order valence-corrected chi connectivity index (χ3v) is 4.26. The molecule has 0 unspecified atom stereocenters. The molecule has 0 saturated carbocycles. The van der Waals surface area contributed by atoms with Crippen molar-refractivity contribution < 1.29 is 4.79 Å². The number of aldehydes is 1. The molecule has 1 aromatic rings. The second-order valence-corrected chi connectivity index (χ2v) is 7.55. The topological polar surface area (TPSA) is 53.8 Å². The highest BCUT2D eigenvalue weighted by Gasteiger charge is 2.03. The molecule has 4 nitrogen and oxygen atoms in total. The van der Waals surface area contributed by atoms with Gasteiger partial charge in [-0.3, -0.25) is 4.99 Å². The SMILES string of the molecule is C=C(N=C(/C=C\C)C(C)=NCCCNC)c1ccc(CCCC)cc1.CC(C)C=O. The summed E-state index contributed by atoms with van der Waals surface area (Å²) >= 11 is 0. The first-order valence-electron chi connectivity index (χ1n) is 11.0. The number of unbranched alkanes of at least 4 members (excludes halogenated alkanes) is 1. The van der Waals surface area contributed by atoms with E-state index in [9.17, 15) is 4.79 Å². The van der Waals surface area contributed by atoms with Gasteiger partial charge in [0, 0.05) is 12.5 Å². The molecular formula is C26H41N3O. The first-order valence-corrected chi connectivity index (χ1v) is 11.0. The zero-order chi connectivity index (χ0) is 22.8. The number of rotatable bonds is 12. The van der Waals surface area contributed by atoms with Crippen molar-refractivity contribution in [2.45, 2.75) is 60.3 Å². The first-order chi connectivity index (χ1) is 14.4. The van der Waals surface area contributed by atoms with Crippen LogP contribution in [-0.4, -0.2) is 37.8 Å². The van der Waals surface area contributed by atoms with Crippen LogP contribution in [0.4, 0.5) is 0 Å². The van der Waals surface area contributed by atoms with Crippen LogP contribution in [0.5, 0.6) is 0 Å². The van der Waals surface area contributed by atoms with Gasteiger partial charge in [0.05, 0.1) is 17.1 Å². The molecule has 0 aliphatic rings. The van der Waals surface area contributed by atoms with Crippen molar-refractivity contribution in [2.75, 3.05) is 20.1 Å². The molecular weight excluding hydrogens is 370 g/mol. The van der Waals surface area contributed by atoms with Crippen LogP contribution in [0.1, 0.15) is 65.0 Å². The van der Waals surface area contributed by atoms with Crippen molar-refractivity contribution in [3.05, 3.63) is 54.1 Å². The smallest absolute Gasteiger partial charge is 0.122 e. The summed E-state index contributed by atoms with van der Waals surface area (Å²) in [6.45, 7) is 15.9. The van der Waals surface area contributed by atoms with E-state index in [0.717, 1.165) is 54.9 Å². The van der Waals surface area contributed by atoms with Crippen LogP contribution in [0, 0.1) is 5.92 Å². The summed E-state index contributed by atoms with van der Waals surface area (Å²) in [5, 5.41) is 3.14. The summed E-state index contributed by atoms with van der Waals surface area (Å²) < 4.78 is 0. The number of nitrogens with one attached hydrogen (secondary N) is 1. The van der Waals surface area contributed by atoms with Gasteiger partial charge in [0.2, 0.25) is 0 Å². The number of aryl methyl sites for hydroxylation is 1. The monoisotopic (exact) mass is 411 g/mol. The predicted molar refractivity (Wildman–Crippen MR) is 134 cm³/mol. The number of nitrogens with zero attached hydrogens (tertiary/aromatic N) is 2. The number of aliphatic imine (C=N–C) groups is 2. The maximum absolute atomic E-state index is 9.50. The molecule has 0 atom stereocenters. The lowest BCUT2D eigenvalue weighted by Gasteiger charge is -2.06. The highest BCUT2D eigenvalue weighted by atomic mass is 16.1. The van der Waals surface area contributed by atoms with Crippen molar-refractivity contribution in [3.8, 4) is 0 Å². The van der Waals surface area contributed by atoms with Gasteiger partial charge in [-0.1, -0.05) is 64.1 Å². The van der Waals surface area contributed by atoms with Crippen molar-refractivity contribution >= 4 is 23.4 Å². The lowest BCUT2D eigenvalue weighted by molar-refractivity contribution is -0.110. The Kier molecular flexibility index (Phi) is 16.2. The summed E-state index contributed by atoms with van der Waals surface area (Å²) in [7, 11) is 1.96. The first kappa shape index (κ1) is 27.7. The second kappa shape index (κ2) is 17.5. The molecule has 166 valence electrons. The Morgan fingerprint density at radius 2 is 1.83 bits per heavy atom. The molecule has 0 aromatic heterocycles. The highest BCUT2D eigenvalue weighted by Crippen LogP contribution is 2.16. The zero-order valence-corrected chi connectivity index (χ0v) is 19.9. The molecule has 4 heteroatoms. The second-order valence-electron chi connectivity index (χ2n) is 7.55. The van der Waals surface area contributed by atoms with Gasteiger partial charge >= 0.3 is 0 Å². The molecule has 1 rings (SSSR count). The minimum absolute atomic E-state index is 0.204. The number of allylic oxidation sites excluding steroid dienone is 2. The van der Waals surface area contributed by atoms with E-state index >= 15 is 0 Å². The van der Waals surface area contributed by atoms with Crippen molar-refractivity contribution in [2.24, 2.45) is 15.9 Å². The average Bonchev–Trinajstić information content (AvgIpc) is 2.75. The van der Waals surface area contributed by atoms with Gasteiger partial charge in [0.25, 0.3) is 0 Å². The van der Waals surface area contributed by atoms with Gasteiger partial charge in [-0.05, 0) is 63.9 Å². The molecule has 0 amide bonds. The Labute approximate surface area is 184 Å². The van der Waals surface area contributed by atoms with Crippen molar-refractivity contribution in [1.82, 2.24) is 5.32 Å². The maximum atomic E-state index is 9.50. The Bertz CT molecular complexity index is 697. The van der Waals surface area contributed by atoms with E-state index in [4.69, 9.17) is 4.99 Å². The number of benzene rings is 1. The average molecular weight is 412 g/mol. The molecule has 0 spiro atoms. The van der Waals surface area contributed by atoms with Crippen LogP contribution < -0.4 is 5.32 Å². The fourth-order valence-corrected chi connectivity index (χ4v) is 2.43. The fourth-order valence-electron chi connectivity index (χ4n) is 2.43. The Morgan fingerprint density at radius 3 is 2.33 bits per heavy atom. The Hall–Kier alpha value is -2.33. The lowest BCUT2D eigenvalue weighted by Crippen LogP contribution is -2.11. The minimum atomic E-state index is 0.204. The quantitative estimate of drug-likeness (QED) is 0.263. The number of carbonyl (C=O) groups is 1. The molecule has 1 aromatic carbocycles. The van der Waals surface area contributed by atoms with Gasteiger partial charge in [0.15, 0.2) is 0 Å². The molecule has 0 aliphatic carbocycles. The minimum Gasteiger partial charge on any atom is -0.320 e. The summed E-state index contributed by atoms with van der Waals surface area (Å²) in [4.78, 5) is 18.8. The number of carbonyl (C=O) groups excluding carboxylic acids is 1. The van der Waals surface area contributed by atoms with Crippen LogP contribution in [0.2, 0.25) is 0 Å². The van der Waals surface area contributed by atoms with Crippen molar-refractivity contribution in [3.63, 3.8) is 0 Å². The molecule has 0 fully saturated rings. The van der Waals surface area contributed by atoms with Crippen molar-refractivity contribution in [1.29, 1.82) is 0 Å². The predicted octanol–water partition coefficient (Wildman–Crippen LogP) is 5.93. The van der Waals surface area contributed by atoms with Gasteiger partial charge in [-0.25, -0.2) is 4.99 Å². The van der Waals surface area contributed by atoms with Crippen LogP contribution >= 0.6 is 0 Å². The fraction of sp³-hybridized carbons (Fsp3) is 0.500. The molecule has 1 N–H and O–H groups in total. The highest BCUT2D eigenvalue weighted by molar-refractivity contribution is 6.46. The van der Waals surface area contributed by atoms with E-state index < -0.39 is 0 Å². The molecule has 0 aliphatic heterocycles. The van der Waals surface area contributed by atoms with E-state index in [-0.39, 0.29) is 5.92 Å². The molecule has 30 heavy (non-hydrogen) atoms. The zero-order valence-electron chi connectivity index (χ0n) is 19.9. The molecule has 0 bridgehead atoms. The van der Waals surface area contributed by atoms with Crippen LogP contribution in [0.25, 0.3) is 5.70 Å². The summed E-state index contributed by atoms with van der Waals surface area (Å²) in [6.07, 6.45) is 9.52. The van der Waals surface area contributed by atoms with E-state index in [1.807, 2.05) is 46.9 Å². The van der Waals surface area contributed by atoms with E-state index in [0.29, 0.717) is 0 Å². The van der Waals surface area contributed by atoms with Gasteiger partial charge < -0.3 is 10.1 Å². The van der Waals surface area contributed by atoms with Crippen LogP contribution in [0.3, 0.4) is 0 Å². The molecule has 0 saturated heterocycles. The van der Waals surface area contributed by atoms with Crippen LogP contribution in [-0.2, 0) is 11.2 Å². The number of hydrogen-bond donors (Lipinski definition) is 1. The van der Waals surface area contributed by atoms with Gasteiger partial charge in [-0.2, -0.15) is 0 Å². The van der Waals surface area contributed by atoms with Gasteiger partial charge in [0.1, 0.15) is 6.29 Å². The standard InChI is InChI=1S/C22H33N3.C4H8O/c1-6-8-11-20-12-14-21(15-13-20)18(3)25-22(10-7-2)19(4)24-17-9-16-23-5;1-4(2)3-5/h7,10,12-15,23H,3,6,8-9,11,16-17H2,1-2,4-5H3;3-4H,1-2H3/b10-7-,24-19?,25-22?;. The summed E-state index contributed by atoms with van der Waals surface area (Å²) in [5.74, 6) is 0.204. The molecule has 0 heterocycles. The van der Waals surface area contributed by atoms with E-state index in [1.165, 1.54) is 18.4 Å². The normalized spacial score (nSPS) is 12.1. The summed E-state index contributed by atoms with van der Waals surface area (Å²) in [5.41, 5.74) is 5.05. The Morgan fingerprint density at radius 1 is 1.20 bits per heavy atom. The Balaban J connectivity index is 0.00000150. The summed E-state index contributed by atoms with van der Waals surface area (Å²) in [6, 6.07) is 8.59. The van der Waals surface area contributed by atoms with E-state index in [1.54, 1.807) is 0 Å². The van der Waals surface area contributed by atoms with E-state index in [2.05, 4.69) is 48.1 Å². The molecule has 0 radical (unpaired) electrons. The third kappa shape index (κ3) is 13.0. The van der Waals surface area contributed by atoms with Gasteiger partial charge in [-0.15, -0.1) is 0 Å². The number of hydrogen-bond acceptors (Lipinski definition) is 4. The maximum Gasteiger partial charge on any atom is 0.122 e. The third-order valence-electron chi connectivity index (χ3n) is 4.26. The largest absolute Gasteiger partial charge is 0.320 e. The van der Waals surface area contributed by atoms with Crippen LogP contribution in [0.15, 0.2) is 53.0 Å².